The largest absolute Gasteiger partial charge is 0.488 e. The third-order valence-corrected chi connectivity index (χ3v) is 4.37. The fourth-order valence-electron chi connectivity index (χ4n) is 3.21. The van der Waals surface area contributed by atoms with E-state index in [9.17, 15) is 4.79 Å². The van der Waals surface area contributed by atoms with Crippen molar-refractivity contribution in [3.63, 3.8) is 0 Å². The molecule has 0 spiro atoms. The standard InChI is InChI=1S/C22H29NO3/c1-16-7-5-8-19(11-16)15-26-22-17(2)12-20(13-18(22)3)14-23(4)10-6-9-21(24)25/h5,7-8,11-13H,6,9-10,14-15H2,1-4H3,(H,24,25). The first-order chi connectivity index (χ1) is 12.3. The van der Waals surface area contributed by atoms with Crippen LogP contribution in [0.3, 0.4) is 0 Å². The highest BCUT2D eigenvalue weighted by Gasteiger charge is 2.09. The first-order valence-corrected chi connectivity index (χ1v) is 9.04. The molecule has 0 radical (unpaired) electrons. The predicted octanol–water partition coefficient (Wildman–Crippen LogP) is 4.49. The van der Waals surface area contributed by atoms with Crippen LogP contribution in [0.15, 0.2) is 36.4 Å². The quantitative estimate of drug-likeness (QED) is 0.720. The van der Waals surface area contributed by atoms with Crippen LogP contribution in [0.25, 0.3) is 0 Å². The van der Waals surface area contributed by atoms with Gasteiger partial charge in [-0.15, -0.1) is 0 Å². The Bertz CT molecular complexity index is 732. The van der Waals surface area contributed by atoms with Gasteiger partial charge in [0.05, 0.1) is 0 Å². The first-order valence-electron chi connectivity index (χ1n) is 9.04. The second kappa shape index (κ2) is 9.39. The van der Waals surface area contributed by atoms with Crippen LogP contribution in [0.5, 0.6) is 5.75 Å². The van der Waals surface area contributed by atoms with E-state index < -0.39 is 5.97 Å². The maximum absolute atomic E-state index is 10.6. The van der Waals surface area contributed by atoms with Crippen molar-refractivity contribution in [2.24, 2.45) is 0 Å². The van der Waals surface area contributed by atoms with Crippen molar-refractivity contribution < 1.29 is 14.6 Å². The monoisotopic (exact) mass is 355 g/mol. The Morgan fingerprint density at radius 3 is 2.38 bits per heavy atom. The first kappa shape index (κ1) is 20.0. The predicted molar refractivity (Wildman–Crippen MR) is 105 cm³/mol. The summed E-state index contributed by atoms with van der Waals surface area (Å²) in [6.07, 6.45) is 0.885. The Balaban J connectivity index is 1.97. The Labute approximate surface area is 156 Å². The summed E-state index contributed by atoms with van der Waals surface area (Å²) < 4.78 is 6.08. The Hall–Kier alpha value is -2.33. The third kappa shape index (κ3) is 6.19. The lowest BCUT2D eigenvalue weighted by atomic mass is 10.0. The number of aliphatic carboxylic acids is 1. The summed E-state index contributed by atoms with van der Waals surface area (Å²) >= 11 is 0. The summed E-state index contributed by atoms with van der Waals surface area (Å²) in [7, 11) is 2.02. The van der Waals surface area contributed by atoms with Crippen molar-refractivity contribution in [1.29, 1.82) is 0 Å². The normalized spacial score (nSPS) is 11.0. The lowest BCUT2D eigenvalue weighted by Gasteiger charge is -2.19. The SMILES string of the molecule is Cc1cccc(COc2c(C)cc(CN(C)CCCC(=O)O)cc2C)c1. The molecule has 0 saturated carbocycles. The van der Waals surface area contributed by atoms with Crippen LogP contribution >= 0.6 is 0 Å². The van der Waals surface area contributed by atoms with E-state index in [-0.39, 0.29) is 6.42 Å². The van der Waals surface area contributed by atoms with Gasteiger partial charge in [-0.2, -0.15) is 0 Å². The topological polar surface area (TPSA) is 49.8 Å². The van der Waals surface area contributed by atoms with Crippen molar-refractivity contribution in [2.45, 2.75) is 46.8 Å². The minimum absolute atomic E-state index is 0.216. The summed E-state index contributed by atoms with van der Waals surface area (Å²) in [6, 6.07) is 12.7. The lowest BCUT2D eigenvalue weighted by Crippen LogP contribution is -2.20. The van der Waals surface area contributed by atoms with Gasteiger partial charge in [-0.1, -0.05) is 42.0 Å². The molecule has 2 aromatic carbocycles. The molecule has 4 heteroatoms. The van der Waals surface area contributed by atoms with Gasteiger partial charge in [0.2, 0.25) is 0 Å². The van der Waals surface area contributed by atoms with Gasteiger partial charge in [-0.05, 0) is 63.0 Å². The molecular weight excluding hydrogens is 326 g/mol. The molecule has 0 bridgehead atoms. The molecule has 26 heavy (non-hydrogen) atoms. The van der Waals surface area contributed by atoms with Crippen LogP contribution in [-0.2, 0) is 17.9 Å². The molecule has 0 aromatic heterocycles. The van der Waals surface area contributed by atoms with Crippen molar-refractivity contribution in [2.75, 3.05) is 13.6 Å². The van der Waals surface area contributed by atoms with Crippen molar-refractivity contribution in [3.05, 3.63) is 64.2 Å². The summed E-state index contributed by atoms with van der Waals surface area (Å²) in [4.78, 5) is 12.8. The van der Waals surface area contributed by atoms with Crippen molar-refractivity contribution >= 4 is 5.97 Å². The van der Waals surface area contributed by atoms with Crippen LogP contribution in [-0.4, -0.2) is 29.6 Å². The second-order valence-electron chi connectivity index (χ2n) is 7.07. The second-order valence-corrected chi connectivity index (χ2v) is 7.07. The summed E-state index contributed by atoms with van der Waals surface area (Å²) in [5, 5.41) is 8.74. The number of aryl methyl sites for hydroxylation is 3. The number of nitrogens with zero attached hydrogens (tertiary/aromatic N) is 1. The average molecular weight is 355 g/mol. The minimum atomic E-state index is -0.736. The van der Waals surface area contributed by atoms with E-state index in [1.165, 1.54) is 16.7 Å². The maximum Gasteiger partial charge on any atom is 0.303 e. The number of benzene rings is 2. The highest BCUT2D eigenvalue weighted by atomic mass is 16.5. The van der Waals surface area contributed by atoms with E-state index in [1.54, 1.807) is 0 Å². The van der Waals surface area contributed by atoms with E-state index >= 15 is 0 Å². The maximum atomic E-state index is 10.6. The highest BCUT2D eigenvalue weighted by Crippen LogP contribution is 2.26. The molecule has 0 amide bonds. The van der Waals surface area contributed by atoms with E-state index in [0.717, 1.165) is 30.0 Å². The fraction of sp³-hybridized carbons (Fsp3) is 0.409. The molecule has 0 heterocycles. The number of ether oxygens (including phenoxy) is 1. The smallest absolute Gasteiger partial charge is 0.303 e. The molecule has 4 nitrogen and oxygen atoms in total. The Morgan fingerprint density at radius 2 is 1.77 bits per heavy atom. The molecule has 0 aliphatic rings. The number of carboxylic acids is 1. The number of hydrogen-bond donors (Lipinski definition) is 1. The zero-order valence-electron chi connectivity index (χ0n) is 16.2. The van der Waals surface area contributed by atoms with Gasteiger partial charge in [0.25, 0.3) is 0 Å². The molecular formula is C22H29NO3. The zero-order valence-corrected chi connectivity index (χ0v) is 16.2. The lowest BCUT2D eigenvalue weighted by molar-refractivity contribution is -0.137. The van der Waals surface area contributed by atoms with Gasteiger partial charge in [0, 0.05) is 13.0 Å². The molecule has 2 rings (SSSR count). The number of carbonyl (C=O) groups is 1. The number of hydrogen-bond acceptors (Lipinski definition) is 3. The van der Waals surface area contributed by atoms with Crippen LogP contribution < -0.4 is 4.74 Å². The third-order valence-electron chi connectivity index (χ3n) is 4.37. The molecule has 0 aliphatic heterocycles. The van der Waals surface area contributed by atoms with Crippen molar-refractivity contribution in [3.8, 4) is 5.75 Å². The van der Waals surface area contributed by atoms with Gasteiger partial charge >= 0.3 is 5.97 Å². The van der Waals surface area contributed by atoms with E-state index in [4.69, 9.17) is 9.84 Å². The van der Waals surface area contributed by atoms with Gasteiger partial charge in [-0.3, -0.25) is 4.79 Å². The average Bonchev–Trinajstić information content (AvgIpc) is 2.53. The van der Waals surface area contributed by atoms with E-state index in [0.29, 0.717) is 13.0 Å². The molecule has 0 saturated heterocycles. The summed E-state index contributed by atoms with van der Waals surface area (Å²) in [5.74, 6) is 0.212. The molecule has 0 unspecified atom stereocenters. The van der Waals surface area contributed by atoms with Crippen LogP contribution in [0.1, 0.15) is 40.7 Å². The van der Waals surface area contributed by atoms with Gasteiger partial charge in [0.1, 0.15) is 12.4 Å². The van der Waals surface area contributed by atoms with Gasteiger partial charge in [0.15, 0.2) is 0 Å². The molecule has 2 aromatic rings. The zero-order chi connectivity index (χ0) is 19.1. The van der Waals surface area contributed by atoms with Crippen molar-refractivity contribution in [1.82, 2.24) is 4.90 Å². The molecule has 140 valence electrons. The highest BCUT2D eigenvalue weighted by molar-refractivity contribution is 5.66. The van der Waals surface area contributed by atoms with Crippen LogP contribution in [0, 0.1) is 20.8 Å². The summed E-state index contributed by atoms with van der Waals surface area (Å²) in [5.41, 5.74) is 5.89. The molecule has 1 N–H and O–H groups in total. The Morgan fingerprint density at radius 1 is 1.08 bits per heavy atom. The molecule has 0 fully saturated rings. The van der Waals surface area contributed by atoms with Gasteiger partial charge < -0.3 is 14.7 Å². The van der Waals surface area contributed by atoms with E-state index in [2.05, 4.69) is 62.1 Å². The van der Waals surface area contributed by atoms with Gasteiger partial charge in [-0.25, -0.2) is 0 Å². The minimum Gasteiger partial charge on any atom is -0.488 e. The number of rotatable bonds is 9. The fourth-order valence-corrected chi connectivity index (χ4v) is 3.21. The number of carboxylic acid groups (broad SMARTS) is 1. The molecule has 0 aliphatic carbocycles. The van der Waals surface area contributed by atoms with E-state index in [1.807, 2.05) is 7.05 Å². The van der Waals surface area contributed by atoms with Crippen LogP contribution in [0.4, 0.5) is 0 Å². The Kier molecular flexibility index (Phi) is 7.22. The summed E-state index contributed by atoms with van der Waals surface area (Å²) in [6.45, 7) is 8.38. The molecule has 0 atom stereocenters. The van der Waals surface area contributed by atoms with Crippen LogP contribution in [0.2, 0.25) is 0 Å².